The number of fused-ring (bicyclic) bond motifs is 1. The molecule has 0 atom stereocenters. The first-order chi connectivity index (χ1) is 32.1. The zero-order valence-electron chi connectivity index (χ0n) is 34.6. The average molecular weight is 1000 g/mol. The fraction of sp³-hybridized carbons (Fsp3) is 0.158. The summed E-state index contributed by atoms with van der Waals surface area (Å²) in [6.07, 6.45) is 0. The number of benzene rings is 5. The Labute approximate surface area is 382 Å². The molecule has 1 heterocycles. The van der Waals surface area contributed by atoms with Crippen LogP contribution in [0.3, 0.4) is 0 Å². The molecule has 68 heavy (non-hydrogen) atoms. The van der Waals surface area contributed by atoms with E-state index in [1.54, 1.807) is 0 Å². The summed E-state index contributed by atoms with van der Waals surface area (Å²) in [6.45, 7) is -1.69. The van der Waals surface area contributed by atoms with E-state index in [2.05, 4.69) is 35.8 Å². The number of rotatable bonds is 19. The molecule has 1 aromatic heterocycles. The lowest BCUT2D eigenvalue weighted by atomic mass is 10.1. The SMILES string of the molecule is COc1cc(S(=O)(=O)O)c(OC)cc1N=Nc1cc(OCCO)c(N=Nc2c(S(=O)(=O)O)cc3cc(N=Nc4c(C(=O)O)[nH]n(-c5ccc(S(=O)(=O)O)cc5)c4=O)ccc3c2O)cc1OCCO. The number of aromatic nitrogens is 2. The maximum atomic E-state index is 13.3. The lowest BCUT2D eigenvalue weighted by molar-refractivity contribution is 0.0690. The smallest absolute Gasteiger partial charge is 0.356 e. The number of aliphatic hydroxyl groups is 2. The molecule has 0 saturated carbocycles. The molecule has 6 aromatic rings. The Kier molecular flexibility index (Phi) is 14.6. The van der Waals surface area contributed by atoms with Crippen LogP contribution in [0.5, 0.6) is 28.7 Å². The van der Waals surface area contributed by atoms with Crippen LogP contribution in [0.4, 0.5) is 34.1 Å². The first-order valence-corrected chi connectivity index (χ1v) is 23.0. The van der Waals surface area contributed by atoms with E-state index in [1.807, 2.05) is 0 Å². The van der Waals surface area contributed by atoms with Crippen LogP contribution in [0.15, 0.2) is 123 Å². The molecular formula is C38H34N8O19S3. The molecule has 0 unspecified atom stereocenters. The number of ether oxygens (including phenoxy) is 4. The van der Waals surface area contributed by atoms with Crippen molar-refractivity contribution in [2.75, 3.05) is 40.6 Å². The standard InChI is InChI=1S/C38H34N8O19S3/c1-62-27-18-31(67(56,57)58)30(63-2)17-24(27)40-41-25-15-29(65-12-10-48)26(16-28(25)64-11-9-47)42-43-33-32(68(59,60)61)14-19-13-20(3-8-23(19)36(33)49)39-44-34-35(38(51)52)45-46(37(34)50)21-4-6-22(7-5-21)66(53,54)55/h3-8,13-18,45,47-49H,9-12H2,1-2H3,(H,51,52)(H,53,54,55)(H,56,57,58)(H,59,60,61). The van der Waals surface area contributed by atoms with E-state index < -0.39 is 92.6 Å². The minimum Gasteiger partial charge on any atom is -0.505 e. The number of nitrogens with zero attached hydrogens (tertiary/aromatic N) is 7. The van der Waals surface area contributed by atoms with E-state index in [4.69, 9.17) is 18.9 Å². The Balaban J connectivity index is 1.40. The predicted molar refractivity (Wildman–Crippen MR) is 232 cm³/mol. The summed E-state index contributed by atoms with van der Waals surface area (Å²) in [5.74, 6) is -3.32. The molecule has 0 bridgehead atoms. The molecule has 0 radical (unpaired) electrons. The summed E-state index contributed by atoms with van der Waals surface area (Å²) in [4.78, 5) is 23.2. The molecule has 8 N–H and O–H groups in total. The summed E-state index contributed by atoms with van der Waals surface area (Å²) in [5, 5.41) is 66.1. The largest absolute Gasteiger partial charge is 0.505 e. The first-order valence-electron chi connectivity index (χ1n) is 18.7. The number of methoxy groups -OCH3 is 2. The van der Waals surface area contributed by atoms with E-state index in [9.17, 15) is 68.9 Å². The topological polar surface area (TPSA) is 410 Å². The van der Waals surface area contributed by atoms with Crippen molar-refractivity contribution >= 4 is 81.2 Å². The highest BCUT2D eigenvalue weighted by Crippen LogP contribution is 2.46. The van der Waals surface area contributed by atoms with Crippen LogP contribution in [-0.4, -0.2) is 116 Å². The summed E-state index contributed by atoms with van der Waals surface area (Å²) in [7, 11) is -12.2. The van der Waals surface area contributed by atoms with E-state index >= 15 is 0 Å². The Bertz CT molecular complexity index is 3450. The molecule has 27 nitrogen and oxygen atoms in total. The summed E-state index contributed by atoms with van der Waals surface area (Å²) >= 11 is 0. The van der Waals surface area contributed by atoms with Crippen molar-refractivity contribution in [2.45, 2.75) is 14.7 Å². The van der Waals surface area contributed by atoms with Crippen LogP contribution in [0.2, 0.25) is 0 Å². The number of aliphatic hydroxyl groups excluding tert-OH is 2. The Hall–Kier alpha value is -7.71. The highest BCUT2D eigenvalue weighted by atomic mass is 32.2. The lowest BCUT2D eigenvalue weighted by Crippen LogP contribution is -2.14. The Morgan fingerprint density at radius 1 is 0.632 bits per heavy atom. The number of aromatic carboxylic acids is 1. The van der Waals surface area contributed by atoms with Crippen LogP contribution in [0.25, 0.3) is 16.5 Å². The molecular weight excluding hydrogens is 969 g/mol. The predicted octanol–water partition coefficient (Wildman–Crippen LogP) is 5.47. The number of aromatic amines is 1. The highest BCUT2D eigenvalue weighted by Gasteiger charge is 2.25. The van der Waals surface area contributed by atoms with Crippen LogP contribution in [0, 0.1) is 0 Å². The van der Waals surface area contributed by atoms with Crippen molar-refractivity contribution in [3.05, 3.63) is 88.8 Å². The van der Waals surface area contributed by atoms with Gasteiger partial charge in [-0.15, -0.1) is 25.6 Å². The van der Waals surface area contributed by atoms with Crippen molar-refractivity contribution < 1.29 is 83.1 Å². The minimum atomic E-state index is -5.22. The molecule has 0 aliphatic heterocycles. The second kappa shape index (κ2) is 20.0. The van der Waals surface area contributed by atoms with E-state index in [0.29, 0.717) is 0 Å². The van der Waals surface area contributed by atoms with Gasteiger partial charge >= 0.3 is 5.97 Å². The van der Waals surface area contributed by atoms with Crippen LogP contribution < -0.4 is 24.5 Å². The number of phenolic OH excluding ortho intramolecular Hbond substituents is 1. The molecule has 0 amide bonds. The Morgan fingerprint density at radius 3 is 1.68 bits per heavy atom. The number of azo groups is 3. The molecule has 0 aliphatic carbocycles. The fourth-order valence-electron chi connectivity index (χ4n) is 6.00. The molecule has 0 spiro atoms. The zero-order chi connectivity index (χ0) is 49.7. The van der Waals surface area contributed by atoms with Crippen molar-refractivity contribution in [1.82, 2.24) is 9.78 Å². The normalized spacial score (nSPS) is 12.4. The van der Waals surface area contributed by atoms with Gasteiger partial charge in [-0.1, -0.05) is 0 Å². The number of aromatic hydroxyl groups is 1. The van der Waals surface area contributed by atoms with Gasteiger partial charge < -0.3 is 39.4 Å². The number of hydrogen-bond acceptors (Lipinski definition) is 21. The fourth-order valence-corrected chi connectivity index (χ4v) is 7.79. The average Bonchev–Trinajstić information content (AvgIpc) is 3.62. The highest BCUT2D eigenvalue weighted by molar-refractivity contribution is 7.86. The molecule has 6 rings (SSSR count). The summed E-state index contributed by atoms with van der Waals surface area (Å²) in [6, 6.07) is 13.0. The number of nitrogens with one attached hydrogen (secondary N) is 1. The van der Waals surface area contributed by atoms with Gasteiger partial charge in [0.2, 0.25) is 0 Å². The monoisotopic (exact) mass is 1000 g/mol. The number of H-pyrrole nitrogens is 1. The molecule has 0 aliphatic rings. The molecule has 0 fully saturated rings. The van der Waals surface area contributed by atoms with Gasteiger partial charge in [0.15, 0.2) is 17.1 Å². The van der Waals surface area contributed by atoms with E-state index in [1.165, 1.54) is 25.3 Å². The zero-order valence-corrected chi connectivity index (χ0v) is 37.1. The van der Waals surface area contributed by atoms with Gasteiger partial charge in [0.25, 0.3) is 35.9 Å². The third-order valence-corrected chi connectivity index (χ3v) is 11.7. The van der Waals surface area contributed by atoms with Crippen molar-refractivity contribution in [1.29, 1.82) is 0 Å². The molecule has 30 heteroatoms. The first kappa shape index (κ1) is 49.7. The van der Waals surface area contributed by atoms with Crippen molar-refractivity contribution in [3.8, 4) is 34.4 Å². The second-order valence-corrected chi connectivity index (χ2v) is 17.6. The van der Waals surface area contributed by atoms with Crippen LogP contribution in [0.1, 0.15) is 10.5 Å². The quantitative estimate of drug-likeness (QED) is 0.0368. The van der Waals surface area contributed by atoms with Gasteiger partial charge in [0.1, 0.15) is 68.8 Å². The summed E-state index contributed by atoms with van der Waals surface area (Å²) in [5.41, 5.74) is -3.93. The number of carboxylic acids is 1. The van der Waals surface area contributed by atoms with Gasteiger partial charge in [-0.2, -0.15) is 30.4 Å². The number of carboxylic acid groups (broad SMARTS) is 1. The minimum absolute atomic E-state index is 0.0454. The van der Waals surface area contributed by atoms with Crippen LogP contribution in [-0.2, 0) is 30.4 Å². The third-order valence-electron chi connectivity index (χ3n) is 9.06. The lowest BCUT2D eigenvalue weighted by Gasteiger charge is -2.13. The second-order valence-electron chi connectivity index (χ2n) is 13.4. The van der Waals surface area contributed by atoms with Crippen molar-refractivity contribution in [2.24, 2.45) is 30.7 Å². The molecule has 358 valence electrons. The van der Waals surface area contributed by atoms with E-state index in [-0.39, 0.29) is 75.4 Å². The van der Waals surface area contributed by atoms with Gasteiger partial charge in [0, 0.05) is 29.7 Å². The van der Waals surface area contributed by atoms with Gasteiger partial charge in [-0.25, -0.2) is 9.48 Å². The van der Waals surface area contributed by atoms with Crippen molar-refractivity contribution in [3.63, 3.8) is 0 Å². The maximum Gasteiger partial charge on any atom is 0.356 e. The van der Waals surface area contributed by atoms with E-state index in [0.717, 1.165) is 66.4 Å². The van der Waals surface area contributed by atoms with Gasteiger partial charge in [-0.3, -0.25) is 23.6 Å². The maximum absolute atomic E-state index is 13.3. The summed E-state index contributed by atoms with van der Waals surface area (Å²) < 4.78 is 124. The number of hydrogen-bond donors (Lipinski definition) is 8. The third kappa shape index (κ3) is 10.9. The van der Waals surface area contributed by atoms with Crippen LogP contribution >= 0.6 is 0 Å². The molecule has 5 aromatic carbocycles. The van der Waals surface area contributed by atoms with Gasteiger partial charge in [0.05, 0.1) is 43.7 Å². The van der Waals surface area contributed by atoms with Gasteiger partial charge in [-0.05, 0) is 53.9 Å². The molecule has 0 saturated heterocycles. The number of carbonyl (C=O) groups is 1. The number of phenols is 1. The Morgan fingerprint density at radius 2 is 1.16 bits per heavy atom.